The molecule has 1 aromatic carbocycles. The average molecular weight is 329 g/mol. The third-order valence-corrected chi connectivity index (χ3v) is 6.03. The molecule has 118 valence electrons. The van der Waals surface area contributed by atoms with Gasteiger partial charge in [0.05, 0.1) is 4.90 Å². The van der Waals surface area contributed by atoms with E-state index in [0.29, 0.717) is 12.2 Å². The van der Waals surface area contributed by atoms with Gasteiger partial charge in [0, 0.05) is 43.4 Å². The lowest BCUT2D eigenvalue weighted by Gasteiger charge is -2.26. The maximum Gasteiger partial charge on any atom is 0.240 e. The summed E-state index contributed by atoms with van der Waals surface area (Å²) in [5, 5.41) is 0. The molecule has 2 rings (SSSR count). The normalized spacial score (nSPS) is 17.0. The van der Waals surface area contributed by atoms with Crippen molar-refractivity contribution in [2.24, 2.45) is 0 Å². The van der Waals surface area contributed by atoms with Crippen molar-refractivity contribution in [1.82, 2.24) is 9.62 Å². The van der Waals surface area contributed by atoms with E-state index in [1.165, 1.54) is 0 Å². The molecule has 0 radical (unpaired) electrons. The van der Waals surface area contributed by atoms with Crippen LogP contribution >= 0.6 is 11.8 Å². The number of nitrogens with two attached hydrogens (primary N) is 1. The SMILES string of the molecule is CCc1ccc(S(=O)(=O)NCCN2CCSCC2)cc1N. The van der Waals surface area contributed by atoms with Crippen LogP contribution in [0.3, 0.4) is 0 Å². The van der Waals surface area contributed by atoms with Gasteiger partial charge in [-0.1, -0.05) is 13.0 Å². The highest BCUT2D eigenvalue weighted by Gasteiger charge is 2.16. The van der Waals surface area contributed by atoms with Gasteiger partial charge in [0.1, 0.15) is 0 Å². The van der Waals surface area contributed by atoms with Crippen molar-refractivity contribution >= 4 is 27.5 Å². The van der Waals surface area contributed by atoms with Crippen LogP contribution in [0.4, 0.5) is 5.69 Å². The second-order valence-corrected chi connectivity index (χ2v) is 8.06. The van der Waals surface area contributed by atoms with E-state index in [1.54, 1.807) is 18.2 Å². The zero-order valence-corrected chi connectivity index (χ0v) is 14.0. The Kier molecular flexibility index (Phi) is 5.92. The number of rotatable bonds is 6. The van der Waals surface area contributed by atoms with Crippen molar-refractivity contribution in [2.45, 2.75) is 18.2 Å². The second kappa shape index (κ2) is 7.49. The zero-order chi connectivity index (χ0) is 15.3. The van der Waals surface area contributed by atoms with Crippen molar-refractivity contribution in [3.05, 3.63) is 23.8 Å². The van der Waals surface area contributed by atoms with E-state index >= 15 is 0 Å². The molecule has 3 N–H and O–H groups in total. The first-order valence-corrected chi connectivity index (χ1v) is 9.85. The molecule has 7 heteroatoms. The summed E-state index contributed by atoms with van der Waals surface area (Å²) < 4.78 is 27.1. The molecule has 0 aromatic heterocycles. The van der Waals surface area contributed by atoms with E-state index in [9.17, 15) is 8.42 Å². The highest BCUT2D eigenvalue weighted by molar-refractivity contribution is 7.99. The molecule has 0 atom stereocenters. The van der Waals surface area contributed by atoms with Crippen LogP contribution in [0.2, 0.25) is 0 Å². The fraction of sp³-hybridized carbons (Fsp3) is 0.571. The molecule has 1 aliphatic rings. The van der Waals surface area contributed by atoms with Gasteiger partial charge in [-0.05, 0) is 24.1 Å². The number of nitrogen functional groups attached to an aromatic ring is 1. The lowest BCUT2D eigenvalue weighted by molar-refractivity contribution is 0.307. The molecular weight excluding hydrogens is 306 g/mol. The number of benzene rings is 1. The summed E-state index contributed by atoms with van der Waals surface area (Å²) in [6.45, 7) is 5.24. The van der Waals surface area contributed by atoms with E-state index in [-0.39, 0.29) is 4.90 Å². The average Bonchev–Trinajstić information content (AvgIpc) is 2.48. The van der Waals surface area contributed by atoms with Crippen molar-refractivity contribution in [3.8, 4) is 0 Å². The first-order chi connectivity index (χ1) is 10.0. The Hall–Kier alpha value is -0.760. The molecule has 0 bridgehead atoms. The Balaban J connectivity index is 1.93. The molecule has 0 aliphatic carbocycles. The quantitative estimate of drug-likeness (QED) is 0.766. The van der Waals surface area contributed by atoms with Crippen LogP contribution < -0.4 is 10.5 Å². The van der Waals surface area contributed by atoms with E-state index in [0.717, 1.165) is 43.1 Å². The topological polar surface area (TPSA) is 75.4 Å². The summed E-state index contributed by atoms with van der Waals surface area (Å²) in [7, 11) is -3.47. The first-order valence-electron chi connectivity index (χ1n) is 7.21. The summed E-state index contributed by atoms with van der Waals surface area (Å²) in [6.07, 6.45) is 0.798. The van der Waals surface area contributed by atoms with E-state index in [2.05, 4.69) is 9.62 Å². The van der Waals surface area contributed by atoms with Crippen molar-refractivity contribution in [3.63, 3.8) is 0 Å². The minimum absolute atomic E-state index is 0.242. The summed E-state index contributed by atoms with van der Waals surface area (Å²) in [4.78, 5) is 2.53. The predicted molar refractivity (Wildman–Crippen MR) is 89.2 cm³/mol. The molecular formula is C14H23N3O2S2. The van der Waals surface area contributed by atoms with Crippen LogP contribution in [0.25, 0.3) is 0 Å². The van der Waals surface area contributed by atoms with Gasteiger partial charge in [0.2, 0.25) is 10.0 Å². The fourth-order valence-electron chi connectivity index (χ4n) is 2.31. The van der Waals surface area contributed by atoms with E-state index < -0.39 is 10.0 Å². The van der Waals surface area contributed by atoms with Gasteiger partial charge in [-0.25, -0.2) is 13.1 Å². The maximum atomic E-state index is 12.2. The van der Waals surface area contributed by atoms with Gasteiger partial charge in [0.25, 0.3) is 0 Å². The van der Waals surface area contributed by atoms with Gasteiger partial charge in [-0.3, -0.25) is 0 Å². The third kappa shape index (κ3) is 4.60. The molecule has 1 aliphatic heterocycles. The van der Waals surface area contributed by atoms with Gasteiger partial charge in [-0.2, -0.15) is 11.8 Å². The first kappa shape index (κ1) is 16.6. The lowest BCUT2D eigenvalue weighted by Crippen LogP contribution is -2.39. The molecule has 0 unspecified atom stereocenters. The second-order valence-electron chi connectivity index (χ2n) is 5.07. The predicted octanol–water partition coefficient (Wildman–Crippen LogP) is 1.16. The monoisotopic (exact) mass is 329 g/mol. The Bertz CT molecular complexity index is 570. The number of anilines is 1. The van der Waals surface area contributed by atoms with E-state index in [4.69, 9.17) is 5.73 Å². The molecule has 0 amide bonds. The number of thioether (sulfide) groups is 1. The minimum atomic E-state index is -3.47. The number of nitrogens with zero attached hydrogens (tertiary/aromatic N) is 1. The smallest absolute Gasteiger partial charge is 0.240 e. The highest BCUT2D eigenvalue weighted by Crippen LogP contribution is 2.18. The number of aryl methyl sites for hydroxylation is 1. The van der Waals surface area contributed by atoms with Crippen LogP contribution in [-0.2, 0) is 16.4 Å². The molecule has 1 saturated heterocycles. The maximum absolute atomic E-state index is 12.2. The van der Waals surface area contributed by atoms with Crippen LogP contribution in [0.1, 0.15) is 12.5 Å². The number of nitrogens with one attached hydrogen (secondary N) is 1. The summed E-state index contributed by atoms with van der Waals surface area (Å²) in [6, 6.07) is 4.94. The van der Waals surface area contributed by atoms with Crippen molar-refractivity contribution in [2.75, 3.05) is 43.4 Å². The summed E-state index contributed by atoms with van der Waals surface area (Å²) in [5.41, 5.74) is 7.38. The number of hydrogen-bond donors (Lipinski definition) is 2. The van der Waals surface area contributed by atoms with Crippen molar-refractivity contribution in [1.29, 1.82) is 0 Å². The Morgan fingerprint density at radius 3 is 2.67 bits per heavy atom. The van der Waals surface area contributed by atoms with Gasteiger partial charge in [-0.15, -0.1) is 0 Å². The number of sulfonamides is 1. The largest absolute Gasteiger partial charge is 0.398 e. The molecule has 5 nitrogen and oxygen atoms in total. The Morgan fingerprint density at radius 2 is 2.05 bits per heavy atom. The Morgan fingerprint density at radius 1 is 1.33 bits per heavy atom. The molecule has 1 heterocycles. The number of hydrogen-bond acceptors (Lipinski definition) is 5. The summed E-state index contributed by atoms with van der Waals surface area (Å²) in [5.74, 6) is 2.25. The van der Waals surface area contributed by atoms with Crippen LogP contribution in [0.15, 0.2) is 23.1 Å². The Labute approximate surface area is 131 Å². The van der Waals surface area contributed by atoms with Gasteiger partial charge < -0.3 is 10.6 Å². The molecule has 0 saturated carbocycles. The van der Waals surface area contributed by atoms with Gasteiger partial charge in [0.15, 0.2) is 0 Å². The van der Waals surface area contributed by atoms with Gasteiger partial charge >= 0.3 is 0 Å². The zero-order valence-electron chi connectivity index (χ0n) is 12.3. The lowest BCUT2D eigenvalue weighted by atomic mass is 10.1. The molecule has 1 aromatic rings. The van der Waals surface area contributed by atoms with Crippen LogP contribution in [-0.4, -0.2) is 51.0 Å². The standard InChI is InChI=1S/C14H23N3O2S2/c1-2-12-3-4-13(11-14(12)15)21(18,19)16-5-6-17-7-9-20-10-8-17/h3-4,11,16H,2,5-10,15H2,1H3. The molecule has 1 fully saturated rings. The molecule has 0 spiro atoms. The van der Waals surface area contributed by atoms with Crippen LogP contribution in [0.5, 0.6) is 0 Å². The third-order valence-electron chi connectivity index (χ3n) is 3.63. The fourth-order valence-corrected chi connectivity index (χ4v) is 4.34. The van der Waals surface area contributed by atoms with Crippen LogP contribution in [0, 0.1) is 0 Å². The molecule has 21 heavy (non-hydrogen) atoms. The van der Waals surface area contributed by atoms with Crippen molar-refractivity contribution < 1.29 is 8.42 Å². The highest BCUT2D eigenvalue weighted by atomic mass is 32.2. The van der Waals surface area contributed by atoms with E-state index in [1.807, 2.05) is 18.7 Å². The minimum Gasteiger partial charge on any atom is -0.398 e. The summed E-state index contributed by atoms with van der Waals surface area (Å²) >= 11 is 1.95.